The Labute approximate surface area is 219 Å². The van der Waals surface area contributed by atoms with Gasteiger partial charge in [-0.1, -0.05) is 38.1 Å². The van der Waals surface area contributed by atoms with Gasteiger partial charge in [-0.15, -0.1) is 0 Å². The van der Waals surface area contributed by atoms with E-state index >= 15 is 0 Å². The van der Waals surface area contributed by atoms with E-state index in [1.54, 1.807) is 18.2 Å². The SMILES string of the molecule is CC.CCOc1ccc2cc1CN1C(=O)CC(CCC/C=C\c3ccc4c(c3)C(CC4)NC2=O)N=C1N. The fourth-order valence-corrected chi connectivity index (χ4v) is 5.20. The number of hydrogen-bond donors (Lipinski definition) is 2. The molecule has 2 atom stereocenters. The molecule has 0 saturated heterocycles. The third-order valence-electron chi connectivity index (χ3n) is 7.03. The maximum absolute atomic E-state index is 13.3. The summed E-state index contributed by atoms with van der Waals surface area (Å²) in [5.74, 6) is 0.673. The van der Waals surface area contributed by atoms with Crippen molar-refractivity contribution in [3.8, 4) is 5.75 Å². The molecule has 37 heavy (non-hydrogen) atoms. The van der Waals surface area contributed by atoms with Crippen LogP contribution in [0.15, 0.2) is 47.5 Å². The minimum absolute atomic E-state index is 0.0216. The van der Waals surface area contributed by atoms with E-state index in [9.17, 15) is 9.59 Å². The Balaban J connectivity index is 0.00000156. The highest BCUT2D eigenvalue weighted by atomic mass is 16.5. The Bertz CT molecular complexity index is 1200. The molecule has 1 aliphatic carbocycles. The number of hydrogen-bond acceptors (Lipinski definition) is 5. The highest BCUT2D eigenvalue weighted by molar-refractivity contribution is 5.99. The van der Waals surface area contributed by atoms with Crippen LogP contribution in [0.5, 0.6) is 5.75 Å². The zero-order chi connectivity index (χ0) is 26.4. The molecule has 3 N–H and O–H groups in total. The molecule has 0 radical (unpaired) electrons. The lowest BCUT2D eigenvalue weighted by atomic mass is 10.0. The Hall–Kier alpha value is -3.61. The van der Waals surface area contributed by atoms with E-state index in [1.165, 1.54) is 16.0 Å². The van der Waals surface area contributed by atoms with E-state index in [-0.39, 0.29) is 36.4 Å². The van der Waals surface area contributed by atoms with Crippen molar-refractivity contribution >= 4 is 23.8 Å². The third kappa shape index (κ3) is 6.04. The molecule has 2 unspecified atom stereocenters. The molecule has 7 heteroatoms. The fraction of sp³-hybridized carbons (Fsp3) is 0.433. The normalized spacial score (nSPS) is 22.0. The van der Waals surface area contributed by atoms with Gasteiger partial charge in [0.05, 0.1) is 25.2 Å². The first-order chi connectivity index (χ1) is 18.0. The number of nitrogens with one attached hydrogen (secondary N) is 1. The van der Waals surface area contributed by atoms with Crippen molar-refractivity contribution in [2.45, 2.75) is 77.9 Å². The van der Waals surface area contributed by atoms with Crippen molar-refractivity contribution in [2.24, 2.45) is 10.7 Å². The van der Waals surface area contributed by atoms with Crippen LogP contribution in [0.3, 0.4) is 0 Å². The molecule has 0 saturated carbocycles. The first-order valence-electron chi connectivity index (χ1n) is 13.5. The van der Waals surface area contributed by atoms with Gasteiger partial charge in [-0.2, -0.15) is 0 Å². The maximum Gasteiger partial charge on any atom is 0.251 e. The molecule has 196 valence electrons. The van der Waals surface area contributed by atoms with Crippen molar-refractivity contribution in [3.63, 3.8) is 0 Å². The number of benzene rings is 2. The lowest BCUT2D eigenvalue weighted by Crippen LogP contribution is -2.46. The summed E-state index contributed by atoms with van der Waals surface area (Å²) in [5, 5.41) is 3.22. The number of guanidine groups is 1. The predicted octanol–water partition coefficient (Wildman–Crippen LogP) is 5.14. The van der Waals surface area contributed by atoms with Gasteiger partial charge in [0, 0.05) is 17.5 Å². The van der Waals surface area contributed by atoms with E-state index in [0.29, 0.717) is 24.3 Å². The first kappa shape index (κ1) is 26.5. The van der Waals surface area contributed by atoms with E-state index < -0.39 is 0 Å². The summed E-state index contributed by atoms with van der Waals surface area (Å²) < 4.78 is 5.80. The van der Waals surface area contributed by atoms with Crippen LogP contribution in [0.25, 0.3) is 6.08 Å². The molecule has 3 heterocycles. The summed E-state index contributed by atoms with van der Waals surface area (Å²) in [7, 11) is 0. The monoisotopic (exact) mass is 502 g/mol. The molecule has 3 aliphatic heterocycles. The Morgan fingerprint density at radius 2 is 1.95 bits per heavy atom. The summed E-state index contributed by atoms with van der Waals surface area (Å²) in [6.45, 7) is 6.60. The highest BCUT2D eigenvalue weighted by Gasteiger charge is 2.29. The lowest BCUT2D eigenvalue weighted by molar-refractivity contribution is -0.128. The number of allylic oxidation sites excluding steroid dienone is 1. The van der Waals surface area contributed by atoms with Gasteiger partial charge in [0.25, 0.3) is 5.91 Å². The van der Waals surface area contributed by atoms with Gasteiger partial charge in [-0.25, -0.2) is 4.99 Å². The zero-order valence-corrected chi connectivity index (χ0v) is 22.1. The number of amides is 2. The number of carbonyl (C=O) groups excluding carboxylic acids is 2. The average Bonchev–Trinajstić information content (AvgIpc) is 3.29. The number of nitrogens with two attached hydrogens (primary N) is 1. The van der Waals surface area contributed by atoms with Crippen molar-refractivity contribution in [2.75, 3.05) is 6.61 Å². The lowest BCUT2D eigenvalue weighted by Gasteiger charge is -2.29. The summed E-state index contributed by atoms with van der Waals surface area (Å²) >= 11 is 0. The number of aryl methyl sites for hydroxylation is 1. The molecular weight excluding hydrogens is 464 g/mol. The van der Waals surface area contributed by atoms with E-state index in [2.05, 4.69) is 40.7 Å². The molecule has 2 aromatic carbocycles. The van der Waals surface area contributed by atoms with E-state index in [4.69, 9.17) is 10.5 Å². The number of ether oxygens (including phenoxy) is 1. The zero-order valence-electron chi connectivity index (χ0n) is 22.1. The van der Waals surface area contributed by atoms with Crippen molar-refractivity contribution in [3.05, 3.63) is 70.3 Å². The summed E-state index contributed by atoms with van der Waals surface area (Å²) in [4.78, 5) is 32.3. The predicted molar refractivity (Wildman–Crippen MR) is 147 cm³/mol. The minimum Gasteiger partial charge on any atom is -0.494 e. The molecule has 0 spiro atoms. The quantitative estimate of drug-likeness (QED) is 0.594. The van der Waals surface area contributed by atoms with Crippen LogP contribution in [0.2, 0.25) is 0 Å². The first-order valence-corrected chi connectivity index (χ1v) is 13.5. The van der Waals surface area contributed by atoms with Gasteiger partial charge in [0.1, 0.15) is 5.75 Å². The van der Waals surface area contributed by atoms with Gasteiger partial charge in [-0.05, 0) is 80.0 Å². The number of rotatable bonds is 2. The smallest absolute Gasteiger partial charge is 0.251 e. The van der Waals surface area contributed by atoms with Crippen LogP contribution >= 0.6 is 0 Å². The Morgan fingerprint density at radius 1 is 1.11 bits per heavy atom. The van der Waals surface area contributed by atoms with Crippen LogP contribution in [-0.2, 0) is 17.8 Å². The maximum atomic E-state index is 13.3. The van der Waals surface area contributed by atoms with Crippen LogP contribution in [0, 0.1) is 0 Å². The standard InChI is InChI=1S/C28H32N4O3.C2H6/c1-2-35-25-13-11-20-15-21(25)17-32-26(33)16-22(30-28(32)29)7-5-3-4-6-18-8-9-19-10-12-24(23(19)14-18)31-27(20)34;1-2/h4,6,8-9,11,13-15,22,24H,2-3,5,7,10,12,16-17H2,1H3,(H2,29,30)(H,31,34);1-2H3/b6-4-;. The molecule has 2 aromatic rings. The molecule has 6 rings (SSSR count). The van der Waals surface area contributed by atoms with Gasteiger partial charge in [-0.3, -0.25) is 14.5 Å². The molecule has 2 amide bonds. The number of nitrogens with zero attached hydrogens (tertiary/aromatic N) is 2. The van der Waals surface area contributed by atoms with E-state index in [0.717, 1.165) is 43.2 Å². The van der Waals surface area contributed by atoms with Crippen LogP contribution < -0.4 is 15.8 Å². The topological polar surface area (TPSA) is 97.0 Å². The largest absolute Gasteiger partial charge is 0.494 e. The third-order valence-corrected chi connectivity index (χ3v) is 7.03. The Kier molecular flexibility index (Phi) is 8.64. The van der Waals surface area contributed by atoms with Crippen LogP contribution in [0.4, 0.5) is 0 Å². The average molecular weight is 503 g/mol. The molecule has 7 nitrogen and oxygen atoms in total. The summed E-state index contributed by atoms with van der Waals surface area (Å²) in [6.07, 6.45) is 9.13. The summed E-state index contributed by atoms with van der Waals surface area (Å²) in [5.41, 5.74) is 11.1. The second kappa shape index (κ2) is 12.1. The number of carbonyl (C=O) groups is 2. The van der Waals surface area contributed by atoms with Crippen LogP contribution in [0.1, 0.15) is 91.5 Å². The second-order valence-corrected chi connectivity index (χ2v) is 9.44. The molecule has 4 aliphatic rings. The molecular formula is C30H38N4O3. The van der Waals surface area contributed by atoms with Gasteiger partial charge >= 0.3 is 0 Å². The van der Waals surface area contributed by atoms with Gasteiger partial charge in [0.15, 0.2) is 5.96 Å². The van der Waals surface area contributed by atoms with Crippen LogP contribution in [-0.4, -0.2) is 35.3 Å². The van der Waals surface area contributed by atoms with Gasteiger partial charge < -0.3 is 15.8 Å². The molecule has 6 bridgehead atoms. The minimum atomic E-state index is -0.141. The van der Waals surface area contributed by atoms with E-state index in [1.807, 2.05) is 20.8 Å². The van der Waals surface area contributed by atoms with Gasteiger partial charge in [0.2, 0.25) is 5.91 Å². The van der Waals surface area contributed by atoms with Crippen molar-refractivity contribution < 1.29 is 14.3 Å². The second-order valence-electron chi connectivity index (χ2n) is 9.44. The number of aliphatic imine (C=N–C) groups is 1. The van der Waals surface area contributed by atoms with Crippen molar-refractivity contribution in [1.82, 2.24) is 10.2 Å². The number of fused-ring (bicyclic) bond motifs is 5. The Morgan fingerprint density at radius 3 is 2.73 bits per heavy atom. The summed E-state index contributed by atoms with van der Waals surface area (Å²) in [6, 6.07) is 11.8. The fourth-order valence-electron chi connectivity index (χ4n) is 5.20. The van der Waals surface area contributed by atoms with Crippen molar-refractivity contribution in [1.29, 1.82) is 0 Å². The molecule has 0 aromatic heterocycles. The highest BCUT2D eigenvalue weighted by Crippen LogP contribution is 2.33. The molecule has 0 fully saturated rings.